The predicted octanol–water partition coefficient (Wildman–Crippen LogP) is 0.501. The average molecular weight is 343 g/mol. The van der Waals surface area contributed by atoms with Crippen LogP contribution in [0.25, 0.3) is 0 Å². The molecule has 1 N–H and O–H groups in total. The van der Waals surface area contributed by atoms with Crippen molar-refractivity contribution in [2.24, 2.45) is 5.92 Å². The monoisotopic (exact) mass is 343 g/mol. The van der Waals surface area contributed by atoms with Crippen molar-refractivity contribution in [1.82, 2.24) is 5.32 Å². The Labute approximate surface area is 136 Å². The van der Waals surface area contributed by atoms with Crippen molar-refractivity contribution in [3.63, 3.8) is 0 Å². The number of amides is 1. The van der Waals surface area contributed by atoms with E-state index in [2.05, 4.69) is 5.32 Å². The van der Waals surface area contributed by atoms with E-state index < -0.39 is 27.9 Å². The lowest BCUT2D eigenvalue weighted by atomic mass is 9.99. The molecular weight excluding hydrogens is 322 g/mol. The second-order valence-corrected chi connectivity index (χ2v) is 6.54. The third kappa shape index (κ3) is 8.32. The highest BCUT2D eigenvalue weighted by atomic mass is 32.2. The van der Waals surface area contributed by atoms with E-state index in [9.17, 15) is 18.0 Å². The minimum absolute atomic E-state index is 0.222. The van der Waals surface area contributed by atoms with E-state index in [1.165, 1.54) is 0 Å². The molecule has 1 aromatic carbocycles. The number of benzene rings is 1. The number of ether oxygens (including phenoxy) is 1. The number of hydrogen-bond donors (Lipinski definition) is 1. The molecule has 0 saturated carbocycles. The zero-order valence-electron chi connectivity index (χ0n) is 13.2. The largest absolute Gasteiger partial charge is 0.465 e. The Morgan fingerprint density at radius 3 is 2.43 bits per heavy atom. The van der Waals surface area contributed by atoms with Gasteiger partial charge in [0.15, 0.2) is 0 Å². The Balaban J connectivity index is 2.69. The Bertz CT molecular complexity index is 614. The van der Waals surface area contributed by atoms with Crippen LogP contribution in [0.1, 0.15) is 12.5 Å². The molecule has 1 rings (SSSR count). The fourth-order valence-corrected chi connectivity index (χ4v) is 2.26. The highest BCUT2D eigenvalue weighted by Gasteiger charge is 2.22. The van der Waals surface area contributed by atoms with Crippen LogP contribution in [0.3, 0.4) is 0 Å². The summed E-state index contributed by atoms with van der Waals surface area (Å²) < 4.78 is 31.7. The first-order valence-corrected chi connectivity index (χ1v) is 8.95. The van der Waals surface area contributed by atoms with Gasteiger partial charge in [0.1, 0.15) is 6.54 Å². The molecule has 0 aliphatic rings. The summed E-state index contributed by atoms with van der Waals surface area (Å²) >= 11 is 0. The highest BCUT2D eigenvalue weighted by Crippen LogP contribution is 2.11. The number of carbonyl (C=O) groups is 2. The molecule has 1 aromatic rings. The van der Waals surface area contributed by atoms with Crippen molar-refractivity contribution >= 4 is 22.0 Å². The van der Waals surface area contributed by atoms with Gasteiger partial charge in [0.2, 0.25) is 5.91 Å². The Morgan fingerprint density at radius 2 is 1.87 bits per heavy atom. The van der Waals surface area contributed by atoms with Gasteiger partial charge in [0, 0.05) is 0 Å². The second-order valence-electron chi connectivity index (χ2n) is 4.90. The summed E-state index contributed by atoms with van der Waals surface area (Å²) in [6, 6.07) is 9.13. The summed E-state index contributed by atoms with van der Waals surface area (Å²) in [5.41, 5.74) is 0.862. The van der Waals surface area contributed by atoms with Crippen LogP contribution in [0.4, 0.5) is 0 Å². The molecule has 0 heterocycles. The van der Waals surface area contributed by atoms with Gasteiger partial charge in [-0.25, -0.2) is 0 Å². The van der Waals surface area contributed by atoms with Crippen molar-refractivity contribution in [3.05, 3.63) is 35.9 Å². The van der Waals surface area contributed by atoms with E-state index in [1.807, 2.05) is 30.3 Å². The zero-order chi connectivity index (χ0) is 17.3. The number of esters is 1. The SMILES string of the molecule is CCOC(=O)CNC(=O)C(COS(C)(=O)=O)Cc1ccccc1. The van der Waals surface area contributed by atoms with Crippen LogP contribution in [-0.2, 0) is 35.0 Å². The topological polar surface area (TPSA) is 98.8 Å². The van der Waals surface area contributed by atoms with Crippen molar-refractivity contribution in [3.8, 4) is 0 Å². The lowest BCUT2D eigenvalue weighted by Crippen LogP contribution is -2.38. The average Bonchev–Trinajstić information content (AvgIpc) is 2.49. The Hall–Kier alpha value is -1.93. The van der Waals surface area contributed by atoms with Crippen LogP contribution >= 0.6 is 0 Å². The van der Waals surface area contributed by atoms with Crippen LogP contribution in [0, 0.1) is 5.92 Å². The fraction of sp³-hybridized carbons (Fsp3) is 0.467. The van der Waals surface area contributed by atoms with Crippen LogP contribution in [0.15, 0.2) is 30.3 Å². The summed E-state index contributed by atoms with van der Waals surface area (Å²) in [5.74, 6) is -1.75. The van der Waals surface area contributed by atoms with E-state index >= 15 is 0 Å². The van der Waals surface area contributed by atoms with E-state index in [-0.39, 0.29) is 19.8 Å². The molecule has 0 aliphatic heterocycles. The molecule has 0 radical (unpaired) electrons. The molecular formula is C15H21NO6S. The van der Waals surface area contributed by atoms with Crippen LogP contribution in [0.2, 0.25) is 0 Å². The maximum absolute atomic E-state index is 12.2. The van der Waals surface area contributed by atoms with Crippen molar-refractivity contribution in [2.75, 3.05) is 26.0 Å². The van der Waals surface area contributed by atoms with E-state index in [1.54, 1.807) is 6.92 Å². The van der Waals surface area contributed by atoms with Gasteiger partial charge in [0.25, 0.3) is 10.1 Å². The first kappa shape index (κ1) is 19.1. The number of carbonyl (C=O) groups excluding carboxylic acids is 2. The lowest BCUT2D eigenvalue weighted by molar-refractivity contribution is -0.144. The molecule has 0 aliphatic carbocycles. The van der Waals surface area contributed by atoms with Crippen molar-refractivity contribution in [1.29, 1.82) is 0 Å². The number of rotatable bonds is 9. The van der Waals surface area contributed by atoms with Gasteiger partial charge in [-0.1, -0.05) is 30.3 Å². The van der Waals surface area contributed by atoms with Crippen molar-refractivity contribution < 1.29 is 26.9 Å². The predicted molar refractivity (Wildman–Crippen MR) is 84.1 cm³/mol. The smallest absolute Gasteiger partial charge is 0.325 e. The van der Waals surface area contributed by atoms with Gasteiger partial charge >= 0.3 is 5.97 Å². The quantitative estimate of drug-likeness (QED) is 0.518. The molecule has 0 spiro atoms. The molecule has 0 saturated heterocycles. The molecule has 23 heavy (non-hydrogen) atoms. The van der Waals surface area contributed by atoms with Crippen LogP contribution < -0.4 is 5.32 Å². The molecule has 0 aromatic heterocycles. The molecule has 0 bridgehead atoms. The van der Waals surface area contributed by atoms with Gasteiger partial charge in [-0.05, 0) is 18.9 Å². The second kappa shape index (κ2) is 9.26. The summed E-state index contributed by atoms with van der Waals surface area (Å²) in [5, 5.41) is 2.44. The molecule has 0 fully saturated rings. The molecule has 1 unspecified atom stereocenters. The molecule has 1 atom stereocenters. The van der Waals surface area contributed by atoms with Gasteiger partial charge in [-0.3, -0.25) is 13.8 Å². The molecule has 7 nitrogen and oxygen atoms in total. The lowest BCUT2D eigenvalue weighted by Gasteiger charge is -2.16. The first-order valence-electron chi connectivity index (χ1n) is 7.13. The van der Waals surface area contributed by atoms with Gasteiger partial charge < -0.3 is 10.1 Å². The molecule has 1 amide bonds. The third-order valence-corrected chi connectivity index (χ3v) is 3.46. The zero-order valence-corrected chi connectivity index (χ0v) is 14.0. The van der Waals surface area contributed by atoms with Crippen LogP contribution in [0.5, 0.6) is 0 Å². The standard InChI is InChI=1S/C15H21NO6S/c1-3-21-14(17)10-16-15(18)13(11-22-23(2,19)20)9-12-7-5-4-6-8-12/h4-8,13H,3,9-11H2,1-2H3,(H,16,18). The first-order chi connectivity index (χ1) is 10.8. The minimum Gasteiger partial charge on any atom is -0.465 e. The number of hydrogen-bond acceptors (Lipinski definition) is 6. The highest BCUT2D eigenvalue weighted by molar-refractivity contribution is 7.85. The van der Waals surface area contributed by atoms with E-state index in [0.717, 1.165) is 11.8 Å². The normalized spacial score (nSPS) is 12.4. The summed E-state index contributed by atoms with van der Waals surface area (Å²) in [6.45, 7) is 1.33. The number of nitrogens with one attached hydrogen (secondary N) is 1. The minimum atomic E-state index is -3.66. The van der Waals surface area contributed by atoms with Crippen LogP contribution in [-0.4, -0.2) is 46.3 Å². The summed E-state index contributed by atoms with van der Waals surface area (Å²) in [7, 11) is -3.66. The molecule has 8 heteroatoms. The molecule has 128 valence electrons. The van der Waals surface area contributed by atoms with E-state index in [4.69, 9.17) is 8.92 Å². The third-order valence-electron chi connectivity index (χ3n) is 2.89. The van der Waals surface area contributed by atoms with E-state index in [0.29, 0.717) is 6.42 Å². The summed E-state index contributed by atoms with van der Waals surface area (Å²) in [4.78, 5) is 23.5. The summed E-state index contributed by atoms with van der Waals surface area (Å²) in [6.07, 6.45) is 1.22. The Kier molecular flexibility index (Phi) is 7.70. The maximum Gasteiger partial charge on any atom is 0.325 e. The Morgan fingerprint density at radius 1 is 1.22 bits per heavy atom. The van der Waals surface area contributed by atoms with Gasteiger partial charge in [-0.2, -0.15) is 8.42 Å². The van der Waals surface area contributed by atoms with Gasteiger partial charge in [-0.15, -0.1) is 0 Å². The van der Waals surface area contributed by atoms with Gasteiger partial charge in [0.05, 0.1) is 25.4 Å². The van der Waals surface area contributed by atoms with Crippen molar-refractivity contribution in [2.45, 2.75) is 13.3 Å². The maximum atomic E-state index is 12.2. The fourth-order valence-electron chi connectivity index (χ4n) is 1.85.